The molecule has 416 valence electrons. The number of aliphatic hydroxyl groups is 1. The van der Waals surface area contributed by atoms with Crippen LogP contribution in [0.5, 0.6) is 0 Å². The molecule has 0 radical (unpaired) electrons. The van der Waals surface area contributed by atoms with Gasteiger partial charge in [-0.3, -0.25) is 14.6 Å². The van der Waals surface area contributed by atoms with E-state index >= 15 is 0 Å². The Morgan fingerprint density at radius 1 is 0.560 bits per heavy atom. The monoisotopic (exact) mass is 1090 g/mol. The quantitative estimate of drug-likeness (QED) is 0.143. The molecule has 0 bridgehead atoms. The van der Waals surface area contributed by atoms with E-state index in [-0.39, 0.29) is 35.7 Å². The average Bonchev–Trinajstić information content (AvgIpc) is 4.03. The van der Waals surface area contributed by atoms with Gasteiger partial charge in [-0.1, -0.05) is 18.2 Å². The molecular weight excluding hydrogens is 1030 g/mol. The van der Waals surface area contributed by atoms with Gasteiger partial charge in [0, 0.05) is 99.9 Å². The highest BCUT2D eigenvalue weighted by Gasteiger charge is 2.41. The molecule has 2 atom stereocenters. The summed E-state index contributed by atoms with van der Waals surface area (Å²) in [6.45, 7) is 5.10. The number of piperidine rings is 2. The van der Waals surface area contributed by atoms with Crippen molar-refractivity contribution in [2.45, 2.75) is 113 Å². The van der Waals surface area contributed by atoms with Crippen LogP contribution in [0.4, 0.5) is 64.1 Å². The van der Waals surface area contributed by atoms with Gasteiger partial charge >= 0.3 is 36.6 Å². The van der Waals surface area contributed by atoms with Gasteiger partial charge in [0.15, 0.2) is 0 Å². The predicted molar refractivity (Wildman–Crippen MR) is 248 cm³/mol. The number of halogens is 12. The zero-order valence-electron chi connectivity index (χ0n) is 40.4. The minimum Gasteiger partial charge on any atom is -0.475 e. The number of carbonyl (C=O) groups excluding carboxylic acids is 2. The molecule has 1 unspecified atom stereocenters. The number of carbonyl (C=O) groups is 4. The van der Waals surface area contributed by atoms with E-state index in [4.69, 9.17) is 25.5 Å². The van der Waals surface area contributed by atoms with Crippen LogP contribution < -0.4 is 20.9 Å². The third kappa shape index (κ3) is 17.6. The first-order chi connectivity index (χ1) is 34.9. The van der Waals surface area contributed by atoms with Gasteiger partial charge in [-0.15, -0.1) is 0 Å². The number of rotatable bonds is 7. The summed E-state index contributed by atoms with van der Waals surface area (Å²) in [6.07, 6.45) is -9.68. The standard InChI is InChI=1S/C28H35F3N4O2.C17H22F3N3O.2C2HF3O2/c29-28(30,31)21-4-3-5-24(18-21)34-15-9-20(10-16-34)26(36)35-17-11-23(19-35)33-22-7-12-27(37,13-8-22)25-6-1-2-14-32-25;18-17(19,20)13-2-1-3-15(10-13)22-7-4-12(5-8-22)16(24)23-9-6-14(21)11-23;2*3-2(4,5)1(6)7/h1-6,14,18,20,22-23,33,37H,7-13,15-17,19H2;1-3,10,12,14H,4-9,11,21H2;2*(H,6,7)/t22?,23-,27?;;;/m0.../s1. The molecule has 5 heterocycles. The first kappa shape index (κ1) is 60.0. The summed E-state index contributed by atoms with van der Waals surface area (Å²) < 4.78 is 141. The van der Waals surface area contributed by atoms with Gasteiger partial charge in [-0.2, -0.15) is 52.7 Å². The summed E-state index contributed by atoms with van der Waals surface area (Å²) in [4.78, 5) is 55.5. The molecular formula is C49H59F12N7O7. The topological polar surface area (TPSA) is 193 Å². The van der Waals surface area contributed by atoms with Crippen LogP contribution in [0.3, 0.4) is 0 Å². The van der Waals surface area contributed by atoms with Gasteiger partial charge in [0.1, 0.15) is 5.60 Å². The first-order valence-corrected chi connectivity index (χ1v) is 24.1. The fourth-order valence-electron chi connectivity index (χ4n) is 9.62. The lowest BCUT2D eigenvalue weighted by molar-refractivity contribution is -0.193. The van der Waals surface area contributed by atoms with Crippen molar-refractivity contribution in [2.24, 2.45) is 17.6 Å². The molecule has 5 fully saturated rings. The van der Waals surface area contributed by atoms with Gasteiger partial charge in [-0.25, -0.2) is 9.59 Å². The molecule has 6 N–H and O–H groups in total. The second-order valence-corrected chi connectivity index (χ2v) is 19.0. The number of nitrogens with two attached hydrogens (primary N) is 1. The summed E-state index contributed by atoms with van der Waals surface area (Å²) >= 11 is 0. The minimum absolute atomic E-state index is 0.0441. The predicted octanol–water partition coefficient (Wildman–Crippen LogP) is 8.09. The largest absolute Gasteiger partial charge is 0.490 e. The van der Waals surface area contributed by atoms with E-state index in [1.54, 1.807) is 18.3 Å². The van der Waals surface area contributed by atoms with E-state index in [2.05, 4.69) is 10.3 Å². The molecule has 1 saturated carbocycles. The van der Waals surface area contributed by atoms with Crippen LogP contribution in [-0.2, 0) is 37.1 Å². The second-order valence-electron chi connectivity index (χ2n) is 19.0. The second kappa shape index (κ2) is 25.3. The lowest BCUT2D eigenvalue weighted by Gasteiger charge is -2.37. The highest BCUT2D eigenvalue weighted by molar-refractivity contribution is 5.80. The summed E-state index contributed by atoms with van der Waals surface area (Å²) in [7, 11) is 0. The maximum absolute atomic E-state index is 13.2. The molecule has 1 aliphatic carbocycles. The number of aliphatic carboxylic acids is 2. The number of carboxylic acids is 2. The smallest absolute Gasteiger partial charge is 0.475 e. The Morgan fingerprint density at radius 2 is 0.987 bits per heavy atom. The molecule has 8 rings (SSSR count). The molecule has 4 saturated heterocycles. The zero-order chi connectivity index (χ0) is 55.5. The summed E-state index contributed by atoms with van der Waals surface area (Å²) in [6, 6.07) is 17.1. The molecule has 26 heteroatoms. The Bertz CT molecular complexity index is 2330. The number of benzene rings is 2. The van der Waals surface area contributed by atoms with Gasteiger partial charge < -0.3 is 46.0 Å². The van der Waals surface area contributed by atoms with Crippen LogP contribution in [0.25, 0.3) is 0 Å². The summed E-state index contributed by atoms with van der Waals surface area (Å²) in [5.74, 6) is -5.32. The van der Waals surface area contributed by atoms with E-state index in [9.17, 15) is 67.4 Å². The third-order valence-corrected chi connectivity index (χ3v) is 13.7. The van der Waals surface area contributed by atoms with Gasteiger partial charge in [-0.05, 0) is 113 Å². The maximum Gasteiger partial charge on any atom is 0.490 e. The van der Waals surface area contributed by atoms with Crippen molar-refractivity contribution in [3.8, 4) is 0 Å². The van der Waals surface area contributed by atoms with Gasteiger partial charge in [0.25, 0.3) is 0 Å². The molecule has 2 aromatic carbocycles. The molecule has 2 amide bonds. The van der Waals surface area contributed by atoms with Gasteiger partial charge in [0.05, 0.1) is 16.8 Å². The number of anilines is 2. The van der Waals surface area contributed by atoms with Crippen LogP contribution in [0.2, 0.25) is 0 Å². The van der Waals surface area contributed by atoms with Gasteiger partial charge in [0.2, 0.25) is 11.8 Å². The molecule has 14 nitrogen and oxygen atoms in total. The van der Waals surface area contributed by atoms with Crippen LogP contribution in [0, 0.1) is 11.8 Å². The molecule has 4 aliphatic heterocycles. The SMILES string of the molecule is NC1CCN(C(=O)C2CCN(c3cccc(C(F)(F)F)c3)CC2)C1.O=C(C1CCN(c2cccc(C(F)(F)F)c2)CC1)N1CC[C@H](NC2CCC(O)(c3ccccn3)CC2)C1.O=C(O)C(F)(F)F.O=C(O)C(F)(F)F. The van der Waals surface area contributed by atoms with Crippen molar-refractivity contribution in [2.75, 3.05) is 62.2 Å². The Balaban J connectivity index is 0.000000232. The van der Waals surface area contributed by atoms with Crippen LogP contribution >= 0.6 is 0 Å². The van der Waals surface area contributed by atoms with Crippen molar-refractivity contribution in [3.63, 3.8) is 0 Å². The van der Waals surface area contributed by atoms with Crippen LogP contribution in [0.1, 0.15) is 81.0 Å². The van der Waals surface area contributed by atoms with Crippen molar-refractivity contribution in [3.05, 3.63) is 89.7 Å². The van der Waals surface area contributed by atoms with E-state index in [0.717, 1.165) is 50.1 Å². The Kier molecular flexibility index (Phi) is 20.2. The molecule has 1 aromatic heterocycles. The van der Waals surface area contributed by atoms with Crippen molar-refractivity contribution >= 4 is 35.1 Å². The van der Waals surface area contributed by atoms with Crippen molar-refractivity contribution < 1.29 is 87.2 Å². The number of alkyl halides is 12. The molecule has 5 aliphatic rings. The van der Waals surface area contributed by atoms with E-state index < -0.39 is 53.4 Å². The number of likely N-dealkylation sites (tertiary alicyclic amines) is 2. The fourth-order valence-corrected chi connectivity index (χ4v) is 9.62. The fraction of sp³-hybridized carbons (Fsp3) is 0.571. The average molecular weight is 1090 g/mol. The molecule has 3 aromatic rings. The van der Waals surface area contributed by atoms with E-state index in [0.29, 0.717) is 102 Å². The number of amides is 2. The van der Waals surface area contributed by atoms with Crippen LogP contribution in [0.15, 0.2) is 72.9 Å². The minimum atomic E-state index is -5.08. The Hall–Kier alpha value is -5.89. The van der Waals surface area contributed by atoms with E-state index in [1.165, 1.54) is 24.3 Å². The Labute approximate surface area is 423 Å². The number of hydrogen-bond acceptors (Lipinski definition) is 10. The number of carboxylic acid groups (broad SMARTS) is 2. The lowest BCUT2D eigenvalue weighted by atomic mass is 9.79. The van der Waals surface area contributed by atoms with Crippen molar-refractivity contribution in [1.29, 1.82) is 0 Å². The van der Waals surface area contributed by atoms with Crippen molar-refractivity contribution in [1.82, 2.24) is 20.1 Å². The highest BCUT2D eigenvalue weighted by Crippen LogP contribution is 2.38. The summed E-state index contributed by atoms with van der Waals surface area (Å²) in [5, 5.41) is 29.0. The zero-order valence-corrected chi connectivity index (χ0v) is 40.4. The first-order valence-electron chi connectivity index (χ1n) is 24.1. The molecule has 0 spiro atoms. The van der Waals surface area contributed by atoms with E-state index in [1.807, 2.05) is 37.8 Å². The number of nitrogens with one attached hydrogen (secondary N) is 1. The number of hydrogen-bond donors (Lipinski definition) is 5. The number of pyridine rings is 1. The lowest BCUT2D eigenvalue weighted by Crippen LogP contribution is -2.46. The van der Waals surface area contributed by atoms with Crippen LogP contribution in [-0.4, -0.2) is 137 Å². The normalized spacial score (nSPS) is 23.0. The summed E-state index contributed by atoms with van der Waals surface area (Å²) in [5.41, 5.74) is 5.58. The Morgan fingerprint density at radius 3 is 1.36 bits per heavy atom. The maximum atomic E-state index is 13.2. The number of aromatic nitrogens is 1. The molecule has 75 heavy (non-hydrogen) atoms. The highest BCUT2D eigenvalue weighted by atomic mass is 19.4. The number of nitrogens with zero attached hydrogens (tertiary/aromatic N) is 5. The third-order valence-electron chi connectivity index (χ3n) is 13.7.